The Morgan fingerprint density at radius 3 is 2.00 bits per heavy atom. The third kappa shape index (κ3) is 1.09. The van der Waals surface area contributed by atoms with Gasteiger partial charge in [-0.1, -0.05) is 36.6 Å². The number of carbonyl (C=O) groups excluding carboxylic acids is 2. The van der Waals surface area contributed by atoms with Crippen LogP contribution in [0.3, 0.4) is 0 Å². The van der Waals surface area contributed by atoms with Crippen molar-refractivity contribution in [3.8, 4) is 0 Å². The van der Waals surface area contributed by atoms with Gasteiger partial charge in [-0.2, -0.15) is 0 Å². The molecule has 3 heteroatoms. The van der Waals surface area contributed by atoms with E-state index in [1.807, 2.05) is 0 Å². The van der Waals surface area contributed by atoms with Crippen LogP contribution in [0.4, 0.5) is 0 Å². The second-order valence-corrected chi connectivity index (χ2v) is 8.22. The van der Waals surface area contributed by atoms with Crippen LogP contribution in [0.25, 0.3) is 0 Å². The van der Waals surface area contributed by atoms with Gasteiger partial charge < -0.3 is 4.74 Å². The average Bonchev–Trinajstić information content (AvgIpc) is 2.96. The maximum absolute atomic E-state index is 12.6. The summed E-state index contributed by atoms with van der Waals surface area (Å²) >= 11 is 0. The minimum atomic E-state index is -0.423. The number of esters is 2. The van der Waals surface area contributed by atoms with Crippen LogP contribution < -0.4 is 0 Å². The third-order valence-electron chi connectivity index (χ3n) is 8.34. The molecule has 122 valence electrons. The molecule has 0 aromatic rings. The number of rotatable bonds is 0. The highest BCUT2D eigenvalue weighted by Crippen LogP contribution is 2.82. The van der Waals surface area contributed by atoms with Gasteiger partial charge in [0.1, 0.15) is 0 Å². The topological polar surface area (TPSA) is 43.4 Å². The van der Waals surface area contributed by atoms with Crippen molar-refractivity contribution in [2.75, 3.05) is 0 Å². The Morgan fingerprint density at radius 2 is 1.39 bits per heavy atom. The molecule has 2 fully saturated rings. The number of hydrogen-bond donors (Lipinski definition) is 0. The van der Waals surface area contributed by atoms with Crippen LogP contribution in [-0.4, -0.2) is 11.9 Å². The summed E-state index contributed by atoms with van der Waals surface area (Å²) in [5, 5.41) is 0. The van der Waals surface area contributed by atoms with Crippen LogP contribution in [0.5, 0.6) is 0 Å². The SMILES string of the molecule is CC1=C[C@@]23C(C)=C(C)C(C)=C(C)[C@]2(C)[C@]1(C)[C@H]1C(=O)OC(=O)[C@H]13. The summed E-state index contributed by atoms with van der Waals surface area (Å²) in [6.07, 6.45) is 2.28. The lowest BCUT2D eigenvalue weighted by Crippen LogP contribution is -2.47. The van der Waals surface area contributed by atoms with E-state index in [1.54, 1.807) is 0 Å². The van der Waals surface area contributed by atoms with Crippen LogP contribution in [0, 0.1) is 28.1 Å². The highest BCUT2D eigenvalue weighted by Gasteiger charge is 2.82. The maximum Gasteiger partial charge on any atom is 0.318 e. The van der Waals surface area contributed by atoms with Crippen LogP contribution in [-0.2, 0) is 14.3 Å². The lowest BCUT2D eigenvalue weighted by molar-refractivity contribution is -0.157. The van der Waals surface area contributed by atoms with Crippen LogP contribution in [0.15, 0.2) is 33.9 Å². The Balaban J connectivity index is 2.18. The van der Waals surface area contributed by atoms with E-state index in [9.17, 15) is 9.59 Å². The Labute approximate surface area is 137 Å². The molecule has 0 N–H and O–H groups in total. The molecule has 0 aromatic heterocycles. The second kappa shape index (κ2) is 3.71. The molecule has 1 aliphatic heterocycles. The second-order valence-electron chi connectivity index (χ2n) is 8.22. The third-order valence-corrected chi connectivity index (χ3v) is 8.34. The van der Waals surface area contributed by atoms with Crippen molar-refractivity contribution in [3.63, 3.8) is 0 Å². The molecule has 5 atom stereocenters. The lowest BCUT2D eigenvalue weighted by atomic mass is 9.51. The Bertz CT molecular complexity index is 796. The summed E-state index contributed by atoms with van der Waals surface area (Å²) in [7, 11) is 0. The predicted molar refractivity (Wildman–Crippen MR) is 87.2 cm³/mol. The smallest absolute Gasteiger partial charge is 0.318 e. The molecular weight excluding hydrogens is 288 g/mol. The number of ether oxygens (including phenoxy) is 1. The quantitative estimate of drug-likeness (QED) is 0.386. The van der Waals surface area contributed by atoms with Crippen LogP contribution in [0.2, 0.25) is 0 Å². The van der Waals surface area contributed by atoms with Gasteiger partial charge in [-0.3, -0.25) is 9.59 Å². The first kappa shape index (κ1) is 14.9. The zero-order valence-corrected chi connectivity index (χ0v) is 15.0. The van der Waals surface area contributed by atoms with E-state index in [4.69, 9.17) is 4.74 Å². The summed E-state index contributed by atoms with van der Waals surface area (Å²) in [5.74, 6) is -1.42. The molecule has 2 bridgehead atoms. The monoisotopic (exact) mass is 312 g/mol. The highest BCUT2D eigenvalue weighted by molar-refractivity contribution is 6.00. The van der Waals surface area contributed by atoms with Gasteiger partial charge in [0.25, 0.3) is 0 Å². The van der Waals surface area contributed by atoms with Gasteiger partial charge in [0.2, 0.25) is 0 Å². The van der Waals surface area contributed by atoms with Crippen molar-refractivity contribution in [1.82, 2.24) is 0 Å². The largest absolute Gasteiger partial charge is 0.393 e. The van der Waals surface area contributed by atoms with Crippen molar-refractivity contribution in [2.24, 2.45) is 28.1 Å². The van der Waals surface area contributed by atoms with Gasteiger partial charge in [0, 0.05) is 16.2 Å². The van der Waals surface area contributed by atoms with Gasteiger partial charge in [-0.15, -0.1) is 0 Å². The summed E-state index contributed by atoms with van der Waals surface area (Å²) in [4.78, 5) is 25.2. The fourth-order valence-corrected chi connectivity index (χ4v) is 6.60. The lowest BCUT2D eigenvalue weighted by Gasteiger charge is -2.52. The van der Waals surface area contributed by atoms with E-state index >= 15 is 0 Å². The van der Waals surface area contributed by atoms with Crippen molar-refractivity contribution in [3.05, 3.63) is 33.9 Å². The number of fused-ring (bicyclic) bond motifs is 2. The molecule has 3 aliphatic carbocycles. The minimum Gasteiger partial charge on any atom is -0.393 e. The molecule has 23 heavy (non-hydrogen) atoms. The zero-order chi connectivity index (χ0) is 17.1. The first-order valence-corrected chi connectivity index (χ1v) is 8.38. The molecule has 0 amide bonds. The molecule has 1 saturated carbocycles. The van der Waals surface area contributed by atoms with E-state index in [2.05, 4.69) is 54.5 Å². The fraction of sp³-hybridized carbons (Fsp3) is 0.600. The van der Waals surface area contributed by atoms with Gasteiger partial charge in [0.15, 0.2) is 0 Å². The van der Waals surface area contributed by atoms with Crippen molar-refractivity contribution >= 4 is 11.9 Å². The van der Waals surface area contributed by atoms with E-state index in [0.717, 1.165) is 0 Å². The average molecular weight is 312 g/mol. The predicted octanol–water partition coefficient (Wildman–Crippen LogP) is 3.96. The van der Waals surface area contributed by atoms with E-state index in [-0.39, 0.29) is 34.6 Å². The first-order chi connectivity index (χ1) is 10.6. The highest BCUT2D eigenvalue weighted by atomic mass is 16.6. The Morgan fingerprint density at radius 1 is 0.870 bits per heavy atom. The summed E-state index contributed by atoms with van der Waals surface area (Å²) in [6.45, 7) is 15.2. The van der Waals surface area contributed by atoms with Crippen LogP contribution >= 0.6 is 0 Å². The van der Waals surface area contributed by atoms with Crippen LogP contribution in [0.1, 0.15) is 48.5 Å². The van der Waals surface area contributed by atoms with Gasteiger partial charge >= 0.3 is 11.9 Å². The molecule has 4 rings (SSSR count). The fourth-order valence-electron chi connectivity index (χ4n) is 6.60. The molecule has 0 radical (unpaired) electrons. The van der Waals surface area contributed by atoms with Gasteiger partial charge in [-0.25, -0.2) is 0 Å². The molecule has 1 heterocycles. The number of hydrogen-bond acceptors (Lipinski definition) is 3. The van der Waals surface area contributed by atoms with E-state index in [0.29, 0.717) is 0 Å². The molecule has 0 unspecified atom stereocenters. The van der Waals surface area contributed by atoms with E-state index in [1.165, 1.54) is 27.9 Å². The number of cyclic esters (lactones) is 2. The van der Waals surface area contributed by atoms with Gasteiger partial charge in [0.05, 0.1) is 11.8 Å². The number of allylic oxidation sites excluding steroid dienone is 6. The van der Waals surface area contributed by atoms with Crippen molar-refractivity contribution < 1.29 is 14.3 Å². The minimum absolute atomic E-state index is 0.248. The number of carbonyl (C=O) groups is 2. The normalized spacial score (nSPS) is 47.9. The van der Waals surface area contributed by atoms with Gasteiger partial charge in [-0.05, 0) is 45.8 Å². The van der Waals surface area contributed by atoms with E-state index < -0.39 is 5.41 Å². The summed E-state index contributed by atoms with van der Waals surface area (Å²) in [5.41, 5.74) is 5.27. The molecule has 0 aromatic carbocycles. The summed E-state index contributed by atoms with van der Waals surface area (Å²) < 4.78 is 5.11. The maximum atomic E-state index is 12.6. The van der Waals surface area contributed by atoms with Crippen molar-refractivity contribution in [1.29, 1.82) is 0 Å². The molecule has 1 saturated heterocycles. The molecule has 0 spiro atoms. The molecule has 4 aliphatic rings. The molecule has 3 nitrogen and oxygen atoms in total. The zero-order valence-electron chi connectivity index (χ0n) is 15.0. The Kier molecular flexibility index (Phi) is 2.41. The van der Waals surface area contributed by atoms with Crippen molar-refractivity contribution in [2.45, 2.75) is 48.5 Å². The standard InChI is InChI=1S/C20H24O3/c1-9-8-20-13(5)11(3)10(2)12(4)19(20,7)18(9,6)14-15(20)17(22)23-16(14)21/h8,14-15H,1-7H3/t14-,15+,18+,19-,20+/m1/s1. The summed E-state index contributed by atoms with van der Waals surface area (Å²) in [6, 6.07) is 0. The molecular formula is C20H24O3. The Hall–Kier alpha value is -1.64. The first-order valence-electron chi connectivity index (χ1n) is 8.38.